The first kappa shape index (κ1) is 32.9. The Kier molecular flexibility index (Phi) is 11.5. The number of rotatable bonds is 11. The summed E-state index contributed by atoms with van der Waals surface area (Å²) in [7, 11) is 0. The highest BCUT2D eigenvalue weighted by molar-refractivity contribution is 5.78. The van der Waals surface area contributed by atoms with Crippen LogP contribution in [0, 0.1) is 0 Å². The lowest BCUT2D eigenvalue weighted by Gasteiger charge is -2.23. The molecule has 0 saturated carbocycles. The lowest BCUT2D eigenvalue weighted by Crippen LogP contribution is -2.31. The molecule has 9 nitrogen and oxygen atoms in total. The summed E-state index contributed by atoms with van der Waals surface area (Å²) in [5.41, 5.74) is 6.08. The molecule has 2 aromatic carbocycles. The average Bonchev–Trinajstić information content (AvgIpc) is 3.50. The second-order valence-corrected chi connectivity index (χ2v) is 10.2. The van der Waals surface area contributed by atoms with E-state index in [0.29, 0.717) is 25.3 Å². The number of aromatic nitrogens is 2. The fourth-order valence-corrected chi connectivity index (χ4v) is 4.39. The molecule has 0 saturated heterocycles. The molecule has 45 heavy (non-hydrogen) atoms. The van der Waals surface area contributed by atoms with Crippen LogP contribution >= 0.6 is 0 Å². The van der Waals surface area contributed by atoms with E-state index < -0.39 is 12.1 Å². The third kappa shape index (κ3) is 10.0. The van der Waals surface area contributed by atoms with E-state index in [9.17, 15) is 18.0 Å². The summed E-state index contributed by atoms with van der Waals surface area (Å²) in [5.74, 6) is -1.27. The van der Waals surface area contributed by atoms with E-state index in [1.54, 1.807) is 12.4 Å². The fraction of sp³-hybridized carbons (Fsp3) is 0.273. The topological polar surface area (TPSA) is 114 Å². The van der Waals surface area contributed by atoms with Crippen LogP contribution in [0.25, 0.3) is 11.3 Å². The molecule has 0 bridgehead atoms. The number of nitrogens with one attached hydrogen (secondary N) is 1. The largest absolute Gasteiger partial charge is 0.490 e. The van der Waals surface area contributed by atoms with Crippen molar-refractivity contribution in [2.75, 3.05) is 13.3 Å². The van der Waals surface area contributed by atoms with Gasteiger partial charge >= 0.3 is 12.1 Å². The van der Waals surface area contributed by atoms with Gasteiger partial charge < -0.3 is 24.8 Å². The van der Waals surface area contributed by atoms with Gasteiger partial charge in [-0.1, -0.05) is 49.4 Å². The Morgan fingerprint density at radius 1 is 0.911 bits per heavy atom. The smallest absolute Gasteiger partial charge is 0.475 e. The van der Waals surface area contributed by atoms with Crippen molar-refractivity contribution in [1.29, 1.82) is 0 Å². The normalized spacial score (nSPS) is 11.8. The summed E-state index contributed by atoms with van der Waals surface area (Å²) in [6, 6.07) is 22.0. The van der Waals surface area contributed by atoms with Crippen LogP contribution < -0.4 is 14.8 Å². The van der Waals surface area contributed by atoms with Crippen LogP contribution in [0.1, 0.15) is 35.6 Å². The van der Waals surface area contributed by atoms with E-state index in [1.807, 2.05) is 41.4 Å². The summed E-state index contributed by atoms with van der Waals surface area (Å²) in [4.78, 5) is 33.0. The Bertz CT molecular complexity index is 1550. The Hall–Kier alpha value is -4.97. The van der Waals surface area contributed by atoms with Gasteiger partial charge in [-0.25, -0.2) is 4.79 Å². The van der Waals surface area contributed by atoms with E-state index in [1.165, 1.54) is 5.56 Å². The molecule has 1 aliphatic heterocycles. The van der Waals surface area contributed by atoms with E-state index in [4.69, 9.17) is 19.4 Å². The number of benzene rings is 2. The molecule has 4 aromatic rings. The second-order valence-electron chi connectivity index (χ2n) is 10.2. The maximum atomic E-state index is 13.4. The summed E-state index contributed by atoms with van der Waals surface area (Å²) in [5, 5.41) is 10.5. The van der Waals surface area contributed by atoms with Crippen LogP contribution in [0.2, 0.25) is 0 Å². The minimum atomic E-state index is -5.08. The van der Waals surface area contributed by atoms with Crippen molar-refractivity contribution in [2.24, 2.45) is 0 Å². The Balaban J connectivity index is 0.000000591. The van der Waals surface area contributed by atoms with Gasteiger partial charge in [-0.05, 0) is 59.5 Å². The number of hydrogen-bond donors (Lipinski definition) is 2. The highest BCUT2D eigenvalue weighted by Gasteiger charge is 2.38. The van der Waals surface area contributed by atoms with Gasteiger partial charge in [-0.2, -0.15) is 13.2 Å². The number of amides is 1. The van der Waals surface area contributed by atoms with Crippen molar-refractivity contribution < 1.29 is 37.3 Å². The zero-order chi connectivity index (χ0) is 32.2. The number of carboxylic acid groups (broad SMARTS) is 1. The van der Waals surface area contributed by atoms with E-state index in [0.717, 1.165) is 53.2 Å². The molecule has 2 N–H and O–H groups in total. The van der Waals surface area contributed by atoms with Gasteiger partial charge in [0, 0.05) is 43.8 Å². The molecule has 1 aliphatic rings. The van der Waals surface area contributed by atoms with E-state index in [2.05, 4.69) is 58.6 Å². The minimum Gasteiger partial charge on any atom is -0.475 e. The molecule has 0 aliphatic carbocycles. The molecule has 0 unspecified atom stereocenters. The molecule has 3 heterocycles. The van der Waals surface area contributed by atoms with Gasteiger partial charge in [0.1, 0.15) is 0 Å². The zero-order valence-electron chi connectivity index (χ0n) is 24.6. The summed E-state index contributed by atoms with van der Waals surface area (Å²) in [6.07, 6.45) is 1.70. The Labute approximate surface area is 258 Å². The number of halogens is 3. The Morgan fingerprint density at radius 2 is 1.60 bits per heavy atom. The molecule has 12 heteroatoms. The van der Waals surface area contributed by atoms with Gasteiger partial charge in [-0.3, -0.25) is 14.8 Å². The summed E-state index contributed by atoms with van der Waals surface area (Å²) in [6.45, 7) is 5.16. The molecule has 2 aromatic heterocycles. The number of pyridine rings is 2. The van der Waals surface area contributed by atoms with Crippen LogP contribution in [-0.2, 0) is 35.6 Å². The van der Waals surface area contributed by atoms with Crippen LogP contribution in [0.15, 0.2) is 85.3 Å². The van der Waals surface area contributed by atoms with E-state index in [-0.39, 0.29) is 12.7 Å². The molecule has 236 valence electrons. The average molecular weight is 623 g/mol. The first-order valence-electron chi connectivity index (χ1n) is 14.2. The molecule has 0 fully saturated rings. The number of fused-ring (bicyclic) bond motifs is 1. The first-order valence-corrected chi connectivity index (χ1v) is 14.2. The molecule has 0 atom stereocenters. The van der Waals surface area contributed by atoms with Crippen molar-refractivity contribution in [2.45, 2.75) is 45.6 Å². The summed E-state index contributed by atoms with van der Waals surface area (Å²) < 4.78 is 42.7. The fourth-order valence-electron chi connectivity index (χ4n) is 4.39. The minimum absolute atomic E-state index is 0.0358. The molecular formula is C33H33F3N4O5. The standard InChI is InChI=1S/C31H32N4O3.C2HF3O2/c1-2-13-32-18-26-7-11-28(34-19-26)27-9-5-23(6-10-27)20-35(31(36)16-24-4-3-14-33-17-24)21-25-8-12-29-30(15-25)38-22-37-29;3-2(4,5)1(6)7/h3-12,14-15,17,19,32H,2,13,16,18,20-22H2,1H3;(H,6,7). The van der Waals surface area contributed by atoms with Crippen LogP contribution in [-0.4, -0.2) is 51.4 Å². The van der Waals surface area contributed by atoms with Gasteiger partial charge in [-0.15, -0.1) is 0 Å². The number of hydrogen-bond acceptors (Lipinski definition) is 7. The van der Waals surface area contributed by atoms with Gasteiger partial charge in [0.15, 0.2) is 11.5 Å². The van der Waals surface area contributed by atoms with Crippen LogP contribution in [0.4, 0.5) is 13.2 Å². The number of ether oxygens (including phenoxy) is 2. The highest BCUT2D eigenvalue weighted by atomic mass is 19.4. The van der Waals surface area contributed by atoms with E-state index >= 15 is 0 Å². The molecule has 1 amide bonds. The predicted molar refractivity (Wildman–Crippen MR) is 160 cm³/mol. The summed E-state index contributed by atoms with van der Waals surface area (Å²) >= 11 is 0. The number of carboxylic acids is 1. The van der Waals surface area contributed by atoms with Crippen LogP contribution in [0.5, 0.6) is 11.5 Å². The SMILES string of the molecule is CCCNCc1ccc(-c2ccc(CN(Cc3ccc4c(c3)OCO4)C(=O)Cc3cccnc3)cc2)nc1.O=C(O)C(F)(F)F. The predicted octanol–water partition coefficient (Wildman–Crippen LogP) is 5.78. The second kappa shape index (κ2) is 15.7. The van der Waals surface area contributed by atoms with Gasteiger partial charge in [0.25, 0.3) is 0 Å². The third-order valence-corrected chi connectivity index (χ3v) is 6.69. The van der Waals surface area contributed by atoms with Crippen molar-refractivity contribution in [1.82, 2.24) is 20.2 Å². The highest BCUT2D eigenvalue weighted by Crippen LogP contribution is 2.33. The lowest BCUT2D eigenvalue weighted by molar-refractivity contribution is -0.192. The number of aliphatic carboxylic acids is 1. The maximum absolute atomic E-state index is 13.4. The monoisotopic (exact) mass is 622 g/mol. The molecule has 0 radical (unpaired) electrons. The number of alkyl halides is 3. The number of carbonyl (C=O) groups excluding carboxylic acids is 1. The quantitative estimate of drug-likeness (QED) is 0.203. The molecule has 0 spiro atoms. The van der Waals surface area contributed by atoms with Crippen molar-refractivity contribution >= 4 is 11.9 Å². The number of carbonyl (C=O) groups is 2. The van der Waals surface area contributed by atoms with Crippen LogP contribution in [0.3, 0.4) is 0 Å². The lowest BCUT2D eigenvalue weighted by atomic mass is 10.1. The van der Waals surface area contributed by atoms with Gasteiger partial charge in [0.2, 0.25) is 12.7 Å². The van der Waals surface area contributed by atoms with Crippen molar-refractivity contribution in [3.63, 3.8) is 0 Å². The zero-order valence-corrected chi connectivity index (χ0v) is 24.6. The van der Waals surface area contributed by atoms with Crippen molar-refractivity contribution in [3.8, 4) is 22.8 Å². The van der Waals surface area contributed by atoms with Crippen molar-refractivity contribution in [3.05, 3.63) is 108 Å². The maximum Gasteiger partial charge on any atom is 0.490 e. The third-order valence-electron chi connectivity index (χ3n) is 6.69. The first-order chi connectivity index (χ1) is 21.6. The Morgan fingerprint density at radius 3 is 2.24 bits per heavy atom. The van der Waals surface area contributed by atoms with Gasteiger partial charge in [0.05, 0.1) is 12.1 Å². The molecular weight excluding hydrogens is 589 g/mol. The molecule has 5 rings (SSSR count). The number of nitrogens with zero attached hydrogens (tertiary/aromatic N) is 3.